The summed E-state index contributed by atoms with van der Waals surface area (Å²) in [6.07, 6.45) is 3.25. The van der Waals surface area contributed by atoms with Gasteiger partial charge in [-0.15, -0.1) is 0 Å². The second kappa shape index (κ2) is 6.47. The van der Waals surface area contributed by atoms with Gasteiger partial charge in [-0.1, -0.05) is 0 Å². The normalized spacial score (nSPS) is 15.8. The van der Waals surface area contributed by atoms with E-state index in [1.54, 1.807) is 11.9 Å². The van der Waals surface area contributed by atoms with Crippen LogP contribution in [0.25, 0.3) is 0 Å². The van der Waals surface area contributed by atoms with Crippen LogP contribution in [0, 0.1) is 5.92 Å². The summed E-state index contributed by atoms with van der Waals surface area (Å²) >= 11 is 0. The van der Waals surface area contributed by atoms with Gasteiger partial charge in [-0.05, 0) is 30.9 Å². The monoisotopic (exact) mass is 278 g/mol. The van der Waals surface area contributed by atoms with Crippen LogP contribution in [-0.2, 0) is 4.74 Å². The second-order valence-electron chi connectivity index (χ2n) is 4.98. The van der Waals surface area contributed by atoms with Crippen molar-refractivity contribution < 1.29 is 19.4 Å². The first-order valence-corrected chi connectivity index (χ1v) is 6.60. The highest BCUT2D eigenvalue weighted by molar-refractivity contribution is 5.96. The summed E-state index contributed by atoms with van der Waals surface area (Å²) in [5, 5.41) is 8.89. The minimum Gasteiger partial charge on any atom is -0.477 e. The number of carbonyl (C=O) groups excluding carboxylic acids is 1. The number of pyridine rings is 1. The summed E-state index contributed by atoms with van der Waals surface area (Å²) in [6.45, 7) is 2.14. The fourth-order valence-corrected chi connectivity index (χ4v) is 2.30. The van der Waals surface area contributed by atoms with Gasteiger partial charge in [0.25, 0.3) is 5.91 Å². The van der Waals surface area contributed by atoms with Gasteiger partial charge in [0.05, 0.1) is 0 Å². The minimum absolute atomic E-state index is 0.115. The van der Waals surface area contributed by atoms with E-state index in [9.17, 15) is 9.59 Å². The number of amides is 1. The molecule has 0 aromatic carbocycles. The Hall–Kier alpha value is -1.95. The zero-order chi connectivity index (χ0) is 14.5. The Morgan fingerprint density at radius 1 is 1.45 bits per heavy atom. The van der Waals surface area contributed by atoms with Crippen LogP contribution in [0.3, 0.4) is 0 Å². The number of carboxylic acids is 1. The van der Waals surface area contributed by atoms with Gasteiger partial charge in [0.1, 0.15) is 5.69 Å². The van der Waals surface area contributed by atoms with Gasteiger partial charge < -0.3 is 14.7 Å². The number of ether oxygens (including phenoxy) is 1. The summed E-state index contributed by atoms with van der Waals surface area (Å²) in [6, 6.07) is 2.85. The van der Waals surface area contributed by atoms with Crippen molar-refractivity contribution in [2.24, 2.45) is 5.92 Å². The van der Waals surface area contributed by atoms with Crippen LogP contribution in [-0.4, -0.2) is 53.7 Å². The Kier molecular flexibility index (Phi) is 4.68. The minimum atomic E-state index is -1.13. The molecule has 0 atom stereocenters. The highest BCUT2D eigenvalue weighted by atomic mass is 16.5. The molecule has 1 aromatic heterocycles. The zero-order valence-electron chi connectivity index (χ0n) is 11.4. The third kappa shape index (κ3) is 3.54. The number of nitrogens with zero attached hydrogens (tertiary/aromatic N) is 2. The van der Waals surface area contributed by atoms with E-state index in [2.05, 4.69) is 4.98 Å². The Balaban J connectivity index is 2.02. The third-order valence-electron chi connectivity index (χ3n) is 3.45. The molecule has 20 heavy (non-hydrogen) atoms. The Bertz CT molecular complexity index is 498. The first-order valence-electron chi connectivity index (χ1n) is 6.60. The largest absolute Gasteiger partial charge is 0.477 e. The molecule has 0 aliphatic carbocycles. The molecule has 1 aliphatic heterocycles. The van der Waals surface area contributed by atoms with Crippen molar-refractivity contribution in [2.75, 3.05) is 26.8 Å². The lowest BCUT2D eigenvalue weighted by molar-refractivity contribution is 0.0497. The van der Waals surface area contributed by atoms with Gasteiger partial charge in [0.15, 0.2) is 0 Å². The van der Waals surface area contributed by atoms with E-state index in [1.165, 1.54) is 18.3 Å². The molecule has 2 heterocycles. The molecular weight excluding hydrogens is 260 g/mol. The molecule has 0 saturated carbocycles. The summed E-state index contributed by atoms with van der Waals surface area (Å²) in [7, 11) is 1.73. The average Bonchev–Trinajstić information content (AvgIpc) is 2.47. The molecule has 0 unspecified atom stereocenters. The molecule has 2 rings (SSSR count). The SMILES string of the molecule is CN(CC1CCOCC1)C(=O)c1ccnc(C(=O)O)c1. The summed E-state index contributed by atoms with van der Waals surface area (Å²) in [5.74, 6) is -0.869. The van der Waals surface area contributed by atoms with Gasteiger partial charge in [0.2, 0.25) is 0 Å². The van der Waals surface area contributed by atoms with E-state index < -0.39 is 5.97 Å². The number of carbonyl (C=O) groups is 2. The van der Waals surface area contributed by atoms with Crippen LogP contribution < -0.4 is 0 Å². The van der Waals surface area contributed by atoms with Crippen molar-refractivity contribution in [2.45, 2.75) is 12.8 Å². The fourth-order valence-electron chi connectivity index (χ4n) is 2.30. The van der Waals surface area contributed by atoms with Gasteiger partial charge in [-0.3, -0.25) is 4.79 Å². The van der Waals surface area contributed by atoms with E-state index in [0.717, 1.165) is 26.1 Å². The molecule has 1 saturated heterocycles. The molecule has 108 valence electrons. The first kappa shape index (κ1) is 14.5. The Morgan fingerprint density at radius 3 is 2.80 bits per heavy atom. The molecule has 0 radical (unpaired) electrons. The van der Waals surface area contributed by atoms with Gasteiger partial charge >= 0.3 is 5.97 Å². The number of carboxylic acid groups (broad SMARTS) is 1. The van der Waals surface area contributed by atoms with Crippen LogP contribution in [0.15, 0.2) is 18.3 Å². The highest BCUT2D eigenvalue weighted by Crippen LogP contribution is 2.16. The van der Waals surface area contributed by atoms with E-state index in [1.807, 2.05) is 0 Å². The maximum absolute atomic E-state index is 12.3. The first-order chi connectivity index (χ1) is 9.58. The van der Waals surface area contributed by atoms with Gasteiger partial charge in [-0.25, -0.2) is 9.78 Å². The second-order valence-corrected chi connectivity index (χ2v) is 4.98. The van der Waals surface area contributed by atoms with Gasteiger partial charge in [0, 0.05) is 38.6 Å². The Labute approximate surface area is 117 Å². The van der Waals surface area contributed by atoms with Crippen LogP contribution in [0.1, 0.15) is 33.7 Å². The van der Waals surface area contributed by atoms with Crippen molar-refractivity contribution in [1.82, 2.24) is 9.88 Å². The number of aromatic nitrogens is 1. The van der Waals surface area contributed by atoms with Crippen molar-refractivity contribution in [3.63, 3.8) is 0 Å². The number of hydrogen-bond acceptors (Lipinski definition) is 4. The third-order valence-corrected chi connectivity index (χ3v) is 3.45. The van der Waals surface area contributed by atoms with Crippen LogP contribution in [0.4, 0.5) is 0 Å². The van der Waals surface area contributed by atoms with Crippen LogP contribution in [0.2, 0.25) is 0 Å². The maximum atomic E-state index is 12.3. The molecule has 1 amide bonds. The molecule has 1 fully saturated rings. The molecule has 1 aliphatic rings. The van der Waals surface area contributed by atoms with Crippen molar-refractivity contribution in [1.29, 1.82) is 0 Å². The molecule has 1 N–H and O–H groups in total. The number of hydrogen-bond donors (Lipinski definition) is 1. The summed E-state index contributed by atoms with van der Waals surface area (Å²) in [5.41, 5.74) is 0.238. The maximum Gasteiger partial charge on any atom is 0.354 e. The van der Waals surface area contributed by atoms with Crippen molar-refractivity contribution >= 4 is 11.9 Å². The van der Waals surface area contributed by atoms with E-state index >= 15 is 0 Å². The van der Waals surface area contributed by atoms with E-state index in [4.69, 9.17) is 9.84 Å². The van der Waals surface area contributed by atoms with E-state index in [-0.39, 0.29) is 11.6 Å². The smallest absolute Gasteiger partial charge is 0.354 e. The molecule has 1 aromatic rings. The van der Waals surface area contributed by atoms with E-state index in [0.29, 0.717) is 18.0 Å². The van der Waals surface area contributed by atoms with Gasteiger partial charge in [-0.2, -0.15) is 0 Å². The van der Waals surface area contributed by atoms with Crippen LogP contribution >= 0.6 is 0 Å². The average molecular weight is 278 g/mol. The standard InChI is InChI=1S/C14H18N2O4/c1-16(9-10-3-6-20-7-4-10)13(17)11-2-5-15-12(8-11)14(18)19/h2,5,8,10H,3-4,6-7,9H2,1H3,(H,18,19). The lowest BCUT2D eigenvalue weighted by Gasteiger charge is -2.27. The van der Waals surface area contributed by atoms with Crippen LogP contribution in [0.5, 0.6) is 0 Å². The fraction of sp³-hybridized carbons (Fsp3) is 0.500. The lowest BCUT2D eigenvalue weighted by Crippen LogP contribution is -2.34. The highest BCUT2D eigenvalue weighted by Gasteiger charge is 2.20. The zero-order valence-corrected chi connectivity index (χ0v) is 11.4. The summed E-state index contributed by atoms with van der Waals surface area (Å²) in [4.78, 5) is 28.5. The topological polar surface area (TPSA) is 79.7 Å². The quantitative estimate of drug-likeness (QED) is 0.897. The lowest BCUT2D eigenvalue weighted by atomic mass is 9.99. The molecular formula is C14H18N2O4. The predicted octanol–water partition coefficient (Wildman–Crippen LogP) is 1.28. The Morgan fingerprint density at radius 2 is 2.15 bits per heavy atom. The molecule has 0 spiro atoms. The van der Waals surface area contributed by atoms with Crippen molar-refractivity contribution in [3.8, 4) is 0 Å². The molecule has 6 nitrogen and oxygen atoms in total. The molecule has 6 heteroatoms. The van der Waals surface area contributed by atoms with Crippen molar-refractivity contribution in [3.05, 3.63) is 29.6 Å². The predicted molar refractivity (Wildman–Crippen MR) is 71.7 cm³/mol. The summed E-state index contributed by atoms with van der Waals surface area (Å²) < 4.78 is 5.29. The number of aromatic carboxylic acids is 1. The number of rotatable bonds is 4. The molecule has 0 bridgehead atoms.